The van der Waals surface area contributed by atoms with Gasteiger partial charge in [-0.15, -0.1) is 0 Å². The molecule has 0 bridgehead atoms. The Labute approximate surface area is 277 Å². The number of carbonyl (C=O) groups excluding carboxylic acids is 1. The van der Waals surface area contributed by atoms with Crippen molar-refractivity contribution in [2.24, 2.45) is 0 Å². The Balaban J connectivity index is 1.62. The molecule has 0 unspecified atom stereocenters. The average Bonchev–Trinajstić information content (AvgIpc) is 3.10. The predicted molar refractivity (Wildman–Crippen MR) is 185 cm³/mol. The molecular weight excluding hydrogens is 596 g/mol. The molecule has 0 aliphatic rings. The number of esters is 1. The molecule has 0 aliphatic heterocycles. The number of aromatic nitrogens is 2. The Hall–Kier alpha value is -4.83. The van der Waals surface area contributed by atoms with E-state index in [-0.39, 0.29) is 18.1 Å². The van der Waals surface area contributed by atoms with Crippen LogP contribution in [0.15, 0.2) is 73.6 Å². The monoisotopic (exact) mass is 642 g/mol. The van der Waals surface area contributed by atoms with E-state index in [0.717, 1.165) is 37.7 Å². The number of hydrogen-bond donors (Lipinski definition) is 1. The fourth-order valence-corrected chi connectivity index (χ4v) is 5.05. The van der Waals surface area contributed by atoms with Crippen molar-refractivity contribution in [3.8, 4) is 28.7 Å². The first-order valence-corrected chi connectivity index (χ1v) is 16.2. The second-order valence-corrected chi connectivity index (χ2v) is 11.0. The number of hydrogen-bond acceptors (Lipinski definition) is 10. The molecule has 1 heterocycles. The van der Waals surface area contributed by atoms with Crippen molar-refractivity contribution >= 4 is 28.4 Å². The van der Waals surface area contributed by atoms with Gasteiger partial charge >= 0.3 is 5.97 Å². The highest BCUT2D eigenvalue weighted by Crippen LogP contribution is 2.45. The second kappa shape index (κ2) is 18.3. The third-order valence-electron chi connectivity index (χ3n) is 7.60. The highest BCUT2D eigenvalue weighted by atomic mass is 16.6. The first-order chi connectivity index (χ1) is 23.0. The summed E-state index contributed by atoms with van der Waals surface area (Å²) in [7, 11) is 3.14. The lowest BCUT2D eigenvalue weighted by molar-refractivity contribution is -0.129. The largest absolute Gasteiger partial charge is 0.493 e. The lowest BCUT2D eigenvalue weighted by Gasteiger charge is -2.22. The van der Waals surface area contributed by atoms with Crippen molar-refractivity contribution < 1.29 is 28.5 Å². The van der Waals surface area contributed by atoms with Gasteiger partial charge in [-0.3, -0.25) is 0 Å². The Bertz CT molecular complexity index is 1590. The number of nitrogens with zero attached hydrogens (tertiary/aromatic N) is 3. The summed E-state index contributed by atoms with van der Waals surface area (Å²) in [5, 5.41) is 4.01. The van der Waals surface area contributed by atoms with Gasteiger partial charge in [-0.25, -0.2) is 14.8 Å². The molecule has 0 radical (unpaired) electrons. The number of nitrogens with one attached hydrogen (secondary N) is 1. The molecular formula is C37H46N4O6. The molecule has 10 heteroatoms. The normalized spacial score (nSPS) is 10.9. The molecule has 3 aromatic carbocycles. The summed E-state index contributed by atoms with van der Waals surface area (Å²) in [6.45, 7) is 12.0. The SMILES string of the molecule is C=CC(=O)Oc1c(Nc2ncnc3cc(OC)c(OCCCN(CCCC)CCCC)cc23)ccc(OC)c1OCc1ccccc1. The van der Waals surface area contributed by atoms with Crippen LogP contribution in [0, 0.1) is 0 Å². The molecule has 250 valence electrons. The van der Waals surface area contributed by atoms with Gasteiger partial charge in [0, 0.05) is 24.1 Å². The number of fused-ring (bicyclic) bond motifs is 1. The van der Waals surface area contributed by atoms with Gasteiger partial charge in [0.25, 0.3) is 0 Å². The van der Waals surface area contributed by atoms with Gasteiger partial charge in [0.2, 0.25) is 5.75 Å². The van der Waals surface area contributed by atoms with Crippen LogP contribution in [-0.4, -0.2) is 61.3 Å². The van der Waals surface area contributed by atoms with E-state index in [4.69, 9.17) is 23.7 Å². The van der Waals surface area contributed by atoms with Crippen LogP contribution in [0.5, 0.6) is 28.7 Å². The van der Waals surface area contributed by atoms with E-state index in [2.05, 4.69) is 40.6 Å². The van der Waals surface area contributed by atoms with Gasteiger partial charge < -0.3 is 33.9 Å². The minimum absolute atomic E-state index is 0.137. The van der Waals surface area contributed by atoms with Crippen molar-refractivity contribution in [2.45, 2.75) is 52.6 Å². The summed E-state index contributed by atoms with van der Waals surface area (Å²) >= 11 is 0. The Kier molecular flexibility index (Phi) is 13.7. The highest BCUT2D eigenvalue weighted by molar-refractivity contribution is 5.94. The zero-order chi connectivity index (χ0) is 33.4. The van der Waals surface area contributed by atoms with E-state index < -0.39 is 5.97 Å². The first-order valence-electron chi connectivity index (χ1n) is 16.2. The molecule has 0 atom stereocenters. The zero-order valence-corrected chi connectivity index (χ0v) is 27.9. The Morgan fingerprint density at radius 1 is 0.851 bits per heavy atom. The predicted octanol–water partition coefficient (Wildman–Crippen LogP) is 7.73. The van der Waals surface area contributed by atoms with Crippen LogP contribution in [0.25, 0.3) is 10.9 Å². The van der Waals surface area contributed by atoms with Crippen LogP contribution in [0.2, 0.25) is 0 Å². The van der Waals surface area contributed by atoms with E-state index in [1.807, 2.05) is 42.5 Å². The molecule has 4 rings (SSSR count). The fourth-order valence-electron chi connectivity index (χ4n) is 5.05. The lowest BCUT2D eigenvalue weighted by Crippen LogP contribution is -2.28. The molecule has 0 saturated carbocycles. The highest BCUT2D eigenvalue weighted by Gasteiger charge is 2.22. The van der Waals surface area contributed by atoms with Crippen LogP contribution in [-0.2, 0) is 11.4 Å². The minimum Gasteiger partial charge on any atom is -0.493 e. The number of benzene rings is 3. The molecule has 10 nitrogen and oxygen atoms in total. The van der Waals surface area contributed by atoms with Gasteiger partial charge in [-0.1, -0.05) is 63.6 Å². The van der Waals surface area contributed by atoms with Crippen molar-refractivity contribution in [1.82, 2.24) is 14.9 Å². The van der Waals surface area contributed by atoms with E-state index >= 15 is 0 Å². The summed E-state index contributed by atoms with van der Waals surface area (Å²) in [5.41, 5.74) is 2.02. The summed E-state index contributed by atoms with van der Waals surface area (Å²) in [5.74, 6) is 1.79. The second-order valence-electron chi connectivity index (χ2n) is 11.0. The quantitative estimate of drug-likeness (QED) is 0.0446. The molecule has 0 spiro atoms. The molecule has 0 saturated heterocycles. The molecule has 0 aliphatic carbocycles. The van der Waals surface area contributed by atoms with Crippen molar-refractivity contribution in [3.63, 3.8) is 0 Å². The van der Waals surface area contributed by atoms with Crippen LogP contribution in [0.1, 0.15) is 51.5 Å². The molecule has 1 aromatic heterocycles. The van der Waals surface area contributed by atoms with E-state index in [1.165, 1.54) is 39.1 Å². The summed E-state index contributed by atoms with van der Waals surface area (Å²) in [6.07, 6.45) is 8.20. The molecule has 0 amide bonds. The molecule has 0 fully saturated rings. The Morgan fingerprint density at radius 3 is 2.26 bits per heavy atom. The van der Waals surface area contributed by atoms with Gasteiger partial charge in [-0.2, -0.15) is 0 Å². The maximum absolute atomic E-state index is 12.5. The van der Waals surface area contributed by atoms with Crippen molar-refractivity contribution in [3.05, 3.63) is 79.1 Å². The van der Waals surface area contributed by atoms with E-state index in [0.29, 0.717) is 46.3 Å². The molecule has 47 heavy (non-hydrogen) atoms. The number of carbonyl (C=O) groups is 1. The zero-order valence-electron chi connectivity index (χ0n) is 27.9. The number of anilines is 2. The molecule has 1 N–H and O–H groups in total. The Morgan fingerprint density at radius 2 is 1.57 bits per heavy atom. The first kappa shape index (κ1) is 35.0. The summed E-state index contributed by atoms with van der Waals surface area (Å²) < 4.78 is 29.4. The average molecular weight is 643 g/mol. The third-order valence-corrected chi connectivity index (χ3v) is 7.60. The number of rotatable bonds is 20. The fraction of sp³-hybridized carbons (Fsp3) is 0.378. The van der Waals surface area contributed by atoms with Crippen molar-refractivity contribution in [1.29, 1.82) is 0 Å². The van der Waals surface area contributed by atoms with Crippen LogP contribution in [0.4, 0.5) is 11.5 Å². The standard InChI is InChI=1S/C37H46N4O6/c1-6-9-19-41(20-10-7-2)21-14-22-45-33-23-28-30(24-32(33)44-5)38-26-39-37(28)40-29-17-18-31(43-4)36(35(29)47-34(42)8-3)46-25-27-15-12-11-13-16-27/h8,11-13,15-18,23-24,26H,3,6-7,9-10,14,19-22,25H2,1-2,4-5H3,(H,38,39,40). The van der Waals surface area contributed by atoms with Crippen LogP contribution < -0.4 is 29.0 Å². The topological polar surface area (TPSA) is 104 Å². The summed E-state index contributed by atoms with van der Waals surface area (Å²) in [6, 6.07) is 16.8. The minimum atomic E-state index is -0.651. The van der Waals surface area contributed by atoms with Gasteiger partial charge in [0.05, 0.1) is 32.0 Å². The number of methoxy groups -OCH3 is 2. The van der Waals surface area contributed by atoms with Crippen LogP contribution in [0.3, 0.4) is 0 Å². The number of ether oxygens (including phenoxy) is 5. The van der Waals surface area contributed by atoms with Crippen molar-refractivity contribution in [2.75, 3.05) is 45.8 Å². The van der Waals surface area contributed by atoms with E-state index in [1.54, 1.807) is 19.2 Å². The van der Waals surface area contributed by atoms with Gasteiger partial charge in [0.1, 0.15) is 18.8 Å². The number of unbranched alkanes of at least 4 members (excludes halogenated alkanes) is 2. The van der Waals surface area contributed by atoms with Crippen LogP contribution >= 0.6 is 0 Å². The van der Waals surface area contributed by atoms with Gasteiger partial charge in [0.15, 0.2) is 23.0 Å². The smallest absolute Gasteiger partial charge is 0.335 e. The lowest BCUT2D eigenvalue weighted by atomic mass is 10.2. The third kappa shape index (κ3) is 9.83. The maximum atomic E-state index is 12.5. The molecule has 4 aromatic rings. The maximum Gasteiger partial charge on any atom is 0.335 e. The summed E-state index contributed by atoms with van der Waals surface area (Å²) in [4.78, 5) is 24.0. The van der Waals surface area contributed by atoms with E-state index in [9.17, 15) is 4.79 Å². The van der Waals surface area contributed by atoms with Gasteiger partial charge in [-0.05, 0) is 56.1 Å².